The van der Waals surface area contributed by atoms with Crippen LogP contribution in [0, 0.1) is 12.8 Å². The summed E-state index contributed by atoms with van der Waals surface area (Å²) >= 11 is 0. The summed E-state index contributed by atoms with van der Waals surface area (Å²) in [5.41, 5.74) is 1.30. The van der Waals surface area contributed by atoms with Gasteiger partial charge in [-0.15, -0.1) is 0 Å². The Bertz CT molecular complexity index is 716. The molecule has 0 aromatic heterocycles. The molecule has 0 atom stereocenters. The van der Waals surface area contributed by atoms with Crippen molar-refractivity contribution in [2.45, 2.75) is 63.2 Å². The Labute approximate surface area is 150 Å². The minimum absolute atomic E-state index is 0.0134. The molecular weight excluding hydrogens is 336 g/mol. The number of carbonyl (C=O) groups is 1. The van der Waals surface area contributed by atoms with Crippen LogP contribution in [-0.4, -0.2) is 31.7 Å². The van der Waals surface area contributed by atoms with Crippen LogP contribution in [-0.2, 0) is 14.8 Å². The molecule has 2 aliphatic rings. The summed E-state index contributed by atoms with van der Waals surface area (Å²) in [5, 5.41) is 2.92. The second-order valence-corrected chi connectivity index (χ2v) is 9.18. The van der Waals surface area contributed by atoms with E-state index in [1.165, 1.54) is 0 Å². The summed E-state index contributed by atoms with van der Waals surface area (Å²) in [5.74, 6) is 0.0754. The fourth-order valence-electron chi connectivity index (χ4n) is 3.81. The minimum Gasteiger partial charge on any atom is -0.326 e. The van der Waals surface area contributed by atoms with Crippen molar-refractivity contribution in [1.82, 2.24) is 4.31 Å². The maximum Gasteiger partial charge on any atom is 0.243 e. The number of hydrogen-bond acceptors (Lipinski definition) is 3. The highest BCUT2D eigenvalue weighted by Crippen LogP contribution is 2.28. The van der Waals surface area contributed by atoms with E-state index < -0.39 is 10.0 Å². The Hall–Kier alpha value is -1.40. The first-order valence-corrected chi connectivity index (χ1v) is 10.8. The standard InChI is InChI=1S/C19H28N2O3S/c1-15-10-11-17(20-19(22)16-8-4-5-9-16)14-18(15)25(23,24)21-12-6-2-3-7-13-21/h10-11,14,16H,2-9,12-13H2,1H3,(H,20,22). The summed E-state index contributed by atoms with van der Waals surface area (Å²) in [6.45, 7) is 2.98. The van der Waals surface area contributed by atoms with Gasteiger partial charge >= 0.3 is 0 Å². The lowest BCUT2D eigenvalue weighted by Crippen LogP contribution is -2.32. The first-order valence-electron chi connectivity index (χ1n) is 9.40. The van der Waals surface area contributed by atoms with E-state index in [2.05, 4.69) is 5.32 Å². The molecule has 0 unspecified atom stereocenters. The molecule has 1 amide bonds. The van der Waals surface area contributed by atoms with Gasteiger partial charge in [0.05, 0.1) is 4.90 Å². The molecule has 0 bridgehead atoms. The average Bonchev–Trinajstić information content (AvgIpc) is 2.98. The van der Waals surface area contributed by atoms with E-state index in [0.717, 1.165) is 56.9 Å². The summed E-state index contributed by atoms with van der Waals surface area (Å²) in [6.07, 6.45) is 8.05. The molecule has 0 spiro atoms. The summed E-state index contributed by atoms with van der Waals surface area (Å²) in [6, 6.07) is 5.21. The first kappa shape index (κ1) is 18.4. The van der Waals surface area contributed by atoms with Crippen LogP contribution in [0.15, 0.2) is 23.1 Å². The molecule has 3 rings (SSSR count). The average molecular weight is 365 g/mol. The number of anilines is 1. The molecule has 1 saturated carbocycles. The van der Waals surface area contributed by atoms with Gasteiger partial charge in [-0.2, -0.15) is 4.31 Å². The third kappa shape index (κ3) is 4.23. The van der Waals surface area contributed by atoms with Gasteiger partial charge in [-0.1, -0.05) is 31.7 Å². The van der Waals surface area contributed by atoms with Gasteiger partial charge in [0.2, 0.25) is 15.9 Å². The molecule has 1 aliphatic carbocycles. The number of amides is 1. The molecule has 2 fully saturated rings. The third-order valence-electron chi connectivity index (χ3n) is 5.36. The fourth-order valence-corrected chi connectivity index (χ4v) is 5.58. The second-order valence-electron chi connectivity index (χ2n) is 7.27. The van der Waals surface area contributed by atoms with E-state index in [1.54, 1.807) is 22.5 Å². The van der Waals surface area contributed by atoms with Gasteiger partial charge in [0.25, 0.3) is 0 Å². The molecule has 0 radical (unpaired) electrons. The number of benzene rings is 1. The highest BCUT2D eigenvalue weighted by Gasteiger charge is 2.28. The molecular formula is C19H28N2O3S. The molecule has 1 heterocycles. The third-order valence-corrected chi connectivity index (χ3v) is 7.41. The van der Waals surface area contributed by atoms with Crippen molar-refractivity contribution >= 4 is 21.6 Å². The van der Waals surface area contributed by atoms with E-state index in [0.29, 0.717) is 23.7 Å². The number of carbonyl (C=O) groups excluding carboxylic acids is 1. The van der Waals surface area contributed by atoms with Crippen molar-refractivity contribution in [2.75, 3.05) is 18.4 Å². The van der Waals surface area contributed by atoms with Crippen LogP contribution in [0.4, 0.5) is 5.69 Å². The van der Waals surface area contributed by atoms with Crippen molar-refractivity contribution in [3.05, 3.63) is 23.8 Å². The zero-order chi connectivity index (χ0) is 17.9. The largest absolute Gasteiger partial charge is 0.326 e. The predicted octanol–water partition coefficient (Wildman–Crippen LogP) is 3.69. The molecule has 1 aliphatic heterocycles. The van der Waals surface area contributed by atoms with E-state index in [9.17, 15) is 13.2 Å². The van der Waals surface area contributed by atoms with Gasteiger partial charge in [-0.05, 0) is 50.3 Å². The Morgan fingerprint density at radius 2 is 1.68 bits per heavy atom. The molecule has 138 valence electrons. The van der Waals surface area contributed by atoms with E-state index in [4.69, 9.17) is 0 Å². The maximum atomic E-state index is 13.1. The monoisotopic (exact) mass is 364 g/mol. The van der Waals surface area contributed by atoms with Crippen molar-refractivity contribution < 1.29 is 13.2 Å². The lowest BCUT2D eigenvalue weighted by atomic mass is 10.1. The quantitative estimate of drug-likeness (QED) is 0.886. The SMILES string of the molecule is Cc1ccc(NC(=O)C2CCCC2)cc1S(=O)(=O)N1CCCCCC1. The Balaban J connectivity index is 1.81. The van der Waals surface area contributed by atoms with Crippen LogP contribution in [0.2, 0.25) is 0 Å². The van der Waals surface area contributed by atoms with Gasteiger partial charge in [-0.25, -0.2) is 8.42 Å². The summed E-state index contributed by atoms with van der Waals surface area (Å²) in [7, 11) is -3.51. The van der Waals surface area contributed by atoms with E-state index in [-0.39, 0.29) is 11.8 Å². The van der Waals surface area contributed by atoms with Crippen molar-refractivity contribution in [2.24, 2.45) is 5.92 Å². The zero-order valence-electron chi connectivity index (χ0n) is 15.0. The Morgan fingerprint density at radius 1 is 1.04 bits per heavy atom. The topological polar surface area (TPSA) is 66.5 Å². The molecule has 25 heavy (non-hydrogen) atoms. The molecule has 5 nitrogen and oxygen atoms in total. The van der Waals surface area contributed by atoms with E-state index in [1.807, 2.05) is 6.92 Å². The van der Waals surface area contributed by atoms with Gasteiger partial charge < -0.3 is 5.32 Å². The van der Waals surface area contributed by atoms with Crippen LogP contribution in [0.25, 0.3) is 0 Å². The van der Waals surface area contributed by atoms with Gasteiger partial charge in [0.1, 0.15) is 0 Å². The smallest absolute Gasteiger partial charge is 0.243 e. The lowest BCUT2D eigenvalue weighted by Gasteiger charge is -2.21. The van der Waals surface area contributed by atoms with Crippen LogP contribution in [0.5, 0.6) is 0 Å². The van der Waals surface area contributed by atoms with Crippen molar-refractivity contribution in [3.63, 3.8) is 0 Å². The van der Waals surface area contributed by atoms with Gasteiger partial charge in [0, 0.05) is 24.7 Å². The maximum absolute atomic E-state index is 13.1. The Morgan fingerprint density at radius 3 is 2.32 bits per heavy atom. The van der Waals surface area contributed by atoms with Gasteiger partial charge in [0.15, 0.2) is 0 Å². The highest BCUT2D eigenvalue weighted by molar-refractivity contribution is 7.89. The number of rotatable bonds is 4. The predicted molar refractivity (Wildman–Crippen MR) is 99.0 cm³/mol. The molecule has 1 aromatic rings. The van der Waals surface area contributed by atoms with Crippen LogP contribution in [0.3, 0.4) is 0 Å². The number of hydrogen-bond donors (Lipinski definition) is 1. The first-order chi connectivity index (χ1) is 12.0. The van der Waals surface area contributed by atoms with Crippen LogP contribution in [0.1, 0.15) is 56.9 Å². The lowest BCUT2D eigenvalue weighted by molar-refractivity contribution is -0.119. The molecule has 1 aromatic carbocycles. The molecule has 1 N–H and O–H groups in total. The fraction of sp³-hybridized carbons (Fsp3) is 0.632. The summed E-state index contributed by atoms with van der Waals surface area (Å²) in [4.78, 5) is 12.7. The number of aryl methyl sites for hydroxylation is 1. The van der Waals surface area contributed by atoms with Crippen molar-refractivity contribution in [3.8, 4) is 0 Å². The summed E-state index contributed by atoms with van der Waals surface area (Å²) < 4.78 is 27.7. The van der Waals surface area contributed by atoms with Gasteiger partial charge in [-0.3, -0.25) is 4.79 Å². The normalized spacial score (nSPS) is 20.4. The number of nitrogens with one attached hydrogen (secondary N) is 1. The Kier molecular flexibility index (Phi) is 5.79. The van der Waals surface area contributed by atoms with Crippen molar-refractivity contribution in [1.29, 1.82) is 0 Å². The minimum atomic E-state index is -3.51. The second kappa shape index (κ2) is 7.87. The van der Waals surface area contributed by atoms with E-state index >= 15 is 0 Å². The highest BCUT2D eigenvalue weighted by atomic mass is 32.2. The van der Waals surface area contributed by atoms with Crippen LogP contribution < -0.4 is 5.32 Å². The molecule has 6 heteroatoms. The number of nitrogens with zero attached hydrogens (tertiary/aromatic N) is 1. The van der Waals surface area contributed by atoms with Crippen LogP contribution >= 0.6 is 0 Å². The molecule has 1 saturated heterocycles. The number of sulfonamides is 1. The zero-order valence-corrected chi connectivity index (χ0v) is 15.8.